The van der Waals surface area contributed by atoms with Crippen molar-refractivity contribution < 1.29 is 9.90 Å². The van der Waals surface area contributed by atoms with Crippen LogP contribution in [-0.2, 0) is 4.79 Å². The summed E-state index contributed by atoms with van der Waals surface area (Å²) in [5.74, 6) is 0.955. The number of hydrogen-bond acceptors (Lipinski definition) is 2. The topological polar surface area (TPSA) is 40.5 Å². The smallest absolute Gasteiger partial charge is 0.225 e. The first kappa shape index (κ1) is 14.4. The lowest BCUT2D eigenvalue weighted by Crippen LogP contribution is -2.44. The van der Waals surface area contributed by atoms with Crippen LogP contribution in [0.1, 0.15) is 77.0 Å². The molecule has 1 N–H and O–H groups in total. The van der Waals surface area contributed by atoms with Crippen molar-refractivity contribution in [3.8, 4) is 0 Å². The van der Waals surface area contributed by atoms with Crippen molar-refractivity contribution >= 4 is 5.91 Å². The van der Waals surface area contributed by atoms with E-state index in [1.165, 1.54) is 38.5 Å². The third-order valence-electron chi connectivity index (χ3n) is 5.83. The van der Waals surface area contributed by atoms with Gasteiger partial charge >= 0.3 is 0 Å². The molecule has 3 nitrogen and oxygen atoms in total. The maximum atomic E-state index is 12.6. The maximum Gasteiger partial charge on any atom is 0.225 e. The van der Waals surface area contributed by atoms with E-state index in [0.29, 0.717) is 12.5 Å². The van der Waals surface area contributed by atoms with E-state index in [9.17, 15) is 9.90 Å². The molecule has 0 spiro atoms. The van der Waals surface area contributed by atoms with Crippen LogP contribution in [0.2, 0.25) is 0 Å². The van der Waals surface area contributed by atoms with Gasteiger partial charge < -0.3 is 10.0 Å². The van der Waals surface area contributed by atoms with Gasteiger partial charge in [0.15, 0.2) is 0 Å². The minimum Gasteiger partial charge on any atom is -0.389 e. The van der Waals surface area contributed by atoms with Crippen LogP contribution in [0.15, 0.2) is 0 Å². The molecule has 20 heavy (non-hydrogen) atoms. The standard InChI is InChI=1S/C17H29NO2/c19-16(13-17(20)10-4-5-11-17)18-12-6-9-15(18)14-7-2-1-3-8-14/h14-15,20H,1-13H2. The zero-order valence-corrected chi connectivity index (χ0v) is 12.6. The molecule has 3 aliphatic rings. The van der Waals surface area contributed by atoms with Crippen LogP contribution in [0.25, 0.3) is 0 Å². The van der Waals surface area contributed by atoms with Gasteiger partial charge in [-0.2, -0.15) is 0 Å². The molecule has 0 aromatic carbocycles. The zero-order chi connectivity index (χ0) is 14.0. The number of nitrogens with zero attached hydrogens (tertiary/aromatic N) is 1. The van der Waals surface area contributed by atoms with Gasteiger partial charge in [0.25, 0.3) is 0 Å². The van der Waals surface area contributed by atoms with Crippen molar-refractivity contribution in [2.24, 2.45) is 5.92 Å². The molecule has 0 aromatic heterocycles. The van der Waals surface area contributed by atoms with Crippen LogP contribution in [-0.4, -0.2) is 34.1 Å². The molecule has 1 heterocycles. The Balaban J connectivity index is 1.60. The lowest BCUT2D eigenvalue weighted by atomic mass is 9.82. The van der Waals surface area contributed by atoms with Crippen LogP contribution in [0.3, 0.4) is 0 Å². The Morgan fingerprint density at radius 2 is 1.70 bits per heavy atom. The van der Waals surface area contributed by atoms with Crippen LogP contribution in [0, 0.1) is 5.92 Å². The van der Waals surface area contributed by atoms with Gasteiger partial charge in [-0.3, -0.25) is 4.79 Å². The summed E-state index contributed by atoms with van der Waals surface area (Å²) in [6.45, 7) is 0.927. The van der Waals surface area contributed by atoms with Gasteiger partial charge in [-0.05, 0) is 44.4 Å². The Morgan fingerprint density at radius 3 is 2.40 bits per heavy atom. The fraction of sp³-hybridized carbons (Fsp3) is 0.941. The Morgan fingerprint density at radius 1 is 1.00 bits per heavy atom. The molecule has 1 aliphatic heterocycles. The monoisotopic (exact) mass is 279 g/mol. The van der Waals surface area contributed by atoms with E-state index in [1.807, 2.05) is 0 Å². The Kier molecular flexibility index (Phi) is 4.34. The first-order valence-electron chi connectivity index (χ1n) is 8.70. The van der Waals surface area contributed by atoms with E-state index in [1.54, 1.807) is 0 Å². The quantitative estimate of drug-likeness (QED) is 0.861. The summed E-state index contributed by atoms with van der Waals surface area (Å²) >= 11 is 0. The van der Waals surface area contributed by atoms with Crippen LogP contribution < -0.4 is 0 Å². The van der Waals surface area contributed by atoms with Crippen molar-refractivity contribution in [3.05, 3.63) is 0 Å². The van der Waals surface area contributed by atoms with Crippen molar-refractivity contribution in [1.29, 1.82) is 0 Å². The van der Waals surface area contributed by atoms with E-state index >= 15 is 0 Å². The second-order valence-electron chi connectivity index (χ2n) is 7.30. The molecule has 0 bridgehead atoms. The van der Waals surface area contributed by atoms with Gasteiger partial charge in [0, 0.05) is 12.6 Å². The Labute approximate surface area is 122 Å². The molecule has 1 amide bonds. The van der Waals surface area contributed by atoms with E-state index in [-0.39, 0.29) is 5.91 Å². The van der Waals surface area contributed by atoms with Gasteiger partial charge in [-0.15, -0.1) is 0 Å². The highest BCUT2D eigenvalue weighted by molar-refractivity contribution is 5.78. The Hall–Kier alpha value is -0.570. The average Bonchev–Trinajstić information content (AvgIpc) is 3.08. The number of carbonyl (C=O) groups is 1. The molecule has 0 aromatic rings. The third-order valence-corrected chi connectivity index (χ3v) is 5.83. The number of hydrogen-bond donors (Lipinski definition) is 1. The number of aliphatic hydroxyl groups is 1. The molecule has 114 valence electrons. The minimum absolute atomic E-state index is 0.225. The molecule has 1 saturated heterocycles. The van der Waals surface area contributed by atoms with Crippen LogP contribution >= 0.6 is 0 Å². The zero-order valence-electron chi connectivity index (χ0n) is 12.6. The fourth-order valence-electron chi connectivity index (χ4n) is 4.70. The SMILES string of the molecule is O=C(CC1(O)CCCC1)N1CCCC1C1CCCCC1. The summed E-state index contributed by atoms with van der Waals surface area (Å²) in [5, 5.41) is 10.5. The predicted octanol–water partition coefficient (Wildman–Crippen LogP) is 3.25. The highest BCUT2D eigenvalue weighted by Crippen LogP contribution is 2.37. The summed E-state index contributed by atoms with van der Waals surface area (Å²) in [7, 11) is 0. The molecule has 3 rings (SSSR count). The molecule has 1 atom stereocenters. The van der Waals surface area contributed by atoms with E-state index in [4.69, 9.17) is 0 Å². The fourth-order valence-corrected chi connectivity index (χ4v) is 4.70. The molecular formula is C17H29NO2. The molecule has 0 radical (unpaired) electrons. The third kappa shape index (κ3) is 3.03. The lowest BCUT2D eigenvalue weighted by molar-refractivity contribution is -0.138. The molecule has 3 fully saturated rings. The molecule has 3 heteroatoms. The molecular weight excluding hydrogens is 250 g/mol. The number of likely N-dealkylation sites (tertiary alicyclic amines) is 1. The molecule has 2 saturated carbocycles. The largest absolute Gasteiger partial charge is 0.389 e. The van der Waals surface area contributed by atoms with Crippen molar-refractivity contribution in [1.82, 2.24) is 4.90 Å². The number of rotatable bonds is 3. The highest BCUT2D eigenvalue weighted by Gasteiger charge is 2.39. The van der Waals surface area contributed by atoms with Gasteiger partial charge in [-0.25, -0.2) is 0 Å². The molecule has 2 aliphatic carbocycles. The van der Waals surface area contributed by atoms with Crippen molar-refractivity contribution in [2.45, 2.75) is 88.7 Å². The second kappa shape index (κ2) is 6.05. The predicted molar refractivity (Wildman–Crippen MR) is 79.3 cm³/mol. The van der Waals surface area contributed by atoms with E-state index in [0.717, 1.165) is 44.6 Å². The molecule has 1 unspecified atom stereocenters. The average molecular weight is 279 g/mol. The summed E-state index contributed by atoms with van der Waals surface area (Å²) in [5.41, 5.74) is -0.684. The van der Waals surface area contributed by atoms with Crippen molar-refractivity contribution in [3.63, 3.8) is 0 Å². The van der Waals surface area contributed by atoms with Crippen molar-refractivity contribution in [2.75, 3.05) is 6.54 Å². The van der Waals surface area contributed by atoms with Gasteiger partial charge in [0.1, 0.15) is 0 Å². The first-order valence-corrected chi connectivity index (χ1v) is 8.70. The van der Waals surface area contributed by atoms with Gasteiger partial charge in [-0.1, -0.05) is 32.1 Å². The normalized spacial score (nSPS) is 30.9. The summed E-state index contributed by atoms with van der Waals surface area (Å²) < 4.78 is 0. The van der Waals surface area contributed by atoms with Gasteiger partial charge in [0.05, 0.1) is 12.0 Å². The van der Waals surface area contributed by atoms with E-state index < -0.39 is 5.60 Å². The summed E-state index contributed by atoms with van der Waals surface area (Å²) in [6.07, 6.45) is 13.2. The number of amides is 1. The second-order valence-corrected chi connectivity index (χ2v) is 7.30. The lowest BCUT2D eigenvalue weighted by Gasteiger charge is -2.35. The summed E-state index contributed by atoms with van der Waals surface area (Å²) in [6, 6.07) is 0.479. The minimum atomic E-state index is -0.684. The van der Waals surface area contributed by atoms with Crippen LogP contribution in [0.5, 0.6) is 0 Å². The van der Waals surface area contributed by atoms with Crippen LogP contribution in [0.4, 0.5) is 0 Å². The first-order chi connectivity index (χ1) is 9.68. The maximum absolute atomic E-state index is 12.6. The highest BCUT2D eigenvalue weighted by atomic mass is 16.3. The number of carbonyl (C=O) groups excluding carboxylic acids is 1. The van der Waals surface area contributed by atoms with E-state index in [2.05, 4.69) is 4.90 Å². The van der Waals surface area contributed by atoms with Gasteiger partial charge in [0.2, 0.25) is 5.91 Å². The Bertz CT molecular complexity index is 343. The summed E-state index contributed by atoms with van der Waals surface area (Å²) in [4.78, 5) is 14.8.